The molecule has 0 bridgehead atoms. The van der Waals surface area contributed by atoms with Gasteiger partial charge in [-0.25, -0.2) is 13.4 Å². The summed E-state index contributed by atoms with van der Waals surface area (Å²) in [4.78, 5) is 18.4. The van der Waals surface area contributed by atoms with E-state index in [1.165, 1.54) is 46.5 Å². The summed E-state index contributed by atoms with van der Waals surface area (Å²) in [5.74, 6) is -0.505. The Morgan fingerprint density at radius 3 is 2.44 bits per heavy atom. The lowest BCUT2D eigenvalue weighted by molar-refractivity contribution is 0.102. The van der Waals surface area contributed by atoms with Crippen molar-refractivity contribution < 1.29 is 13.2 Å². The number of aromatic nitrogens is 1. The maximum atomic E-state index is 12.9. The van der Waals surface area contributed by atoms with Gasteiger partial charge in [0.2, 0.25) is 10.0 Å². The van der Waals surface area contributed by atoms with Crippen LogP contribution < -0.4 is 5.32 Å². The molecule has 0 saturated heterocycles. The Labute approximate surface area is 198 Å². The molecule has 0 aliphatic heterocycles. The fraction of sp³-hybridized carbons (Fsp3) is 0.304. The molecule has 32 heavy (non-hydrogen) atoms. The van der Waals surface area contributed by atoms with Crippen molar-refractivity contribution in [2.45, 2.75) is 45.1 Å². The summed E-state index contributed by atoms with van der Waals surface area (Å²) in [7, 11) is -2.24. The fourth-order valence-corrected chi connectivity index (χ4v) is 5.57. The number of benzene rings is 2. The molecular weight excluding hydrogens is 466 g/mol. The first kappa shape index (κ1) is 24.4. The highest BCUT2D eigenvalue weighted by Gasteiger charge is 2.25. The third kappa shape index (κ3) is 5.38. The van der Waals surface area contributed by atoms with E-state index in [0.29, 0.717) is 5.13 Å². The van der Waals surface area contributed by atoms with Gasteiger partial charge < -0.3 is 0 Å². The van der Waals surface area contributed by atoms with Crippen molar-refractivity contribution in [2.24, 2.45) is 0 Å². The second kappa shape index (κ2) is 9.70. The van der Waals surface area contributed by atoms with Crippen LogP contribution in [0.4, 0.5) is 5.13 Å². The van der Waals surface area contributed by atoms with E-state index in [2.05, 4.69) is 34.6 Å². The highest BCUT2D eigenvalue weighted by atomic mass is 35.5. The van der Waals surface area contributed by atoms with Gasteiger partial charge in [0.05, 0.1) is 21.2 Å². The highest BCUT2D eigenvalue weighted by Crippen LogP contribution is 2.28. The molecule has 9 heteroatoms. The molecule has 1 aromatic heterocycles. The van der Waals surface area contributed by atoms with Gasteiger partial charge in [-0.05, 0) is 51.5 Å². The molecule has 0 radical (unpaired) electrons. The first-order valence-corrected chi connectivity index (χ1v) is 12.7. The molecule has 0 unspecified atom stereocenters. The molecule has 0 aliphatic carbocycles. The summed E-state index contributed by atoms with van der Waals surface area (Å²) in [6, 6.07) is 12.2. The van der Waals surface area contributed by atoms with Gasteiger partial charge in [0.1, 0.15) is 0 Å². The van der Waals surface area contributed by atoms with Crippen LogP contribution in [-0.4, -0.2) is 36.7 Å². The normalized spacial score (nSPS) is 11.9. The number of nitrogens with zero attached hydrogens (tertiary/aromatic N) is 2. The lowest BCUT2D eigenvalue weighted by Crippen LogP contribution is -2.33. The monoisotopic (exact) mass is 491 g/mol. The molecule has 1 amide bonds. The number of hydrogen-bond donors (Lipinski definition) is 1. The zero-order valence-corrected chi connectivity index (χ0v) is 21.0. The Balaban J connectivity index is 1.82. The van der Waals surface area contributed by atoms with Gasteiger partial charge in [0.15, 0.2) is 5.13 Å². The van der Waals surface area contributed by atoms with Crippen LogP contribution in [0.2, 0.25) is 5.02 Å². The van der Waals surface area contributed by atoms with Gasteiger partial charge in [0.25, 0.3) is 5.91 Å². The molecule has 0 fully saturated rings. The van der Waals surface area contributed by atoms with Crippen LogP contribution in [-0.2, 0) is 16.4 Å². The molecule has 1 heterocycles. The van der Waals surface area contributed by atoms with Gasteiger partial charge in [-0.3, -0.25) is 10.1 Å². The quantitative estimate of drug-likeness (QED) is 0.487. The van der Waals surface area contributed by atoms with Crippen LogP contribution >= 0.6 is 22.9 Å². The van der Waals surface area contributed by atoms with Gasteiger partial charge in [-0.2, -0.15) is 4.31 Å². The van der Waals surface area contributed by atoms with E-state index in [9.17, 15) is 13.2 Å². The smallest absolute Gasteiger partial charge is 0.259 e. The second-order valence-corrected chi connectivity index (χ2v) is 11.4. The number of thiazole rings is 1. The number of halogens is 1. The molecule has 3 aromatic rings. The Kier molecular flexibility index (Phi) is 7.39. The van der Waals surface area contributed by atoms with E-state index in [-0.39, 0.29) is 21.5 Å². The zero-order valence-electron chi connectivity index (χ0n) is 18.6. The molecule has 0 spiro atoms. The number of hydrogen-bond acceptors (Lipinski definition) is 5. The summed E-state index contributed by atoms with van der Waals surface area (Å²) >= 11 is 7.61. The molecule has 2 aromatic carbocycles. The van der Waals surface area contributed by atoms with Crippen LogP contribution in [0.15, 0.2) is 47.4 Å². The Morgan fingerprint density at radius 2 is 1.81 bits per heavy atom. The molecule has 3 rings (SSSR count). The maximum absolute atomic E-state index is 12.9. The van der Waals surface area contributed by atoms with Crippen LogP contribution in [0.3, 0.4) is 0 Å². The number of aryl methyl sites for hydroxylation is 2. The van der Waals surface area contributed by atoms with E-state index in [4.69, 9.17) is 11.6 Å². The average Bonchev–Trinajstić information content (AvgIpc) is 3.07. The summed E-state index contributed by atoms with van der Waals surface area (Å²) in [5, 5.41) is 3.37. The summed E-state index contributed by atoms with van der Waals surface area (Å²) in [6.45, 7) is 7.50. The lowest BCUT2D eigenvalue weighted by Gasteiger charge is -2.21. The molecule has 6 nitrogen and oxygen atoms in total. The van der Waals surface area contributed by atoms with Crippen molar-refractivity contribution in [3.63, 3.8) is 0 Å². The van der Waals surface area contributed by atoms with Gasteiger partial charge >= 0.3 is 0 Å². The number of carbonyl (C=O) groups excluding carboxylic acids is 1. The molecule has 170 valence electrons. The van der Waals surface area contributed by atoms with Gasteiger partial charge in [0, 0.05) is 24.4 Å². The molecule has 0 aliphatic rings. The average molecular weight is 492 g/mol. The number of sulfonamides is 1. The Hall–Kier alpha value is -2.26. The summed E-state index contributed by atoms with van der Waals surface area (Å²) in [6.07, 6.45) is 0.718. The number of amides is 1. The van der Waals surface area contributed by atoms with Crippen molar-refractivity contribution >= 4 is 44.0 Å². The molecule has 0 saturated carbocycles. The van der Waals surface area contributed by atoms with Crippen molar-refractivity contribution in [1.82, 2.24) is 9.29 Å². The SMILES string of the molecule is Cc1ccc(Cc2sc(NC(=O)c3cc(S(=O)(=O)N(C)C(C)C)ccc3Cl)nc2C)cc1. The maximum Gasteiger partial charge on any atom is 0.259 e. The lowest BCUT2D eigenvalue weighted by atomic mass is 10.1. The van der Waals surface area contributed by atoms with E-state index >= 15 is 0 Å². The minimum absolute atomic E-state index is 0.0126. The Bertz CT molecular complexity index is 1240. The number of nitrogens with one attached hydrogen (secondary N) is 1. The summed E-state index contributed by atoms with van der Waals surface area (Å²) in [5.41, 5.74) is 3.28. The predicted octanol–water partition coefficient (Wildman–Crippen LogP) is 5.29. The largest absolute Gasteiger partial charge is 0.298 e. The third-order valence-electron chi connectivity index (χ3n) is 5.19. The van der Waals surface area contributed by atoms with Gasteiger partial charge in [-0.15, -0.1) is 11.3 Å². The third-order valence-corrected chi connectivity index (χ3v) is 8.62. The van der Waals surface area contributed by atoms with E-state index in [1.807, 2.05) is 13.8 Å². The summed E-state index contributed by atoms with van der Waals surface area (Å²) < 4.78 is 26.9. The van der Waals surface area contributed by atoms with Crippen LogP contribution in [0, 0.1) is 13.8 Å². The van der Waals surface area contributed by atoms with Crippen molar-refractivity contribution in [3.8, 4) is 0 Å². The minimum Gasteiger partial charge on any atom is -0.298 e. The zero-order chi connectivity index (χ0) is 23.6. The molecule has 1 N–H and O–H groups in total. The van der Waals surface area contributed by atoms with Crippen LogP contribution in [0.25, 0.3) is 0 Å². The van der Waals surface area contributed by atoms with Crippen LogP contribution in [0.5, 0.6) is 0 Å². The first-order chi connectivity index (χ1) is 15.0. The Morgan fingerprint density at radius 1 is 1.16 bits per heavy atom. The predicted molar refractivity (Wildman–Crippen MR) is 130 cm³/mol. The van der Waals surface area contributed by atoms with Gasteiger partial charge in [-0.1, -0.05) is 41.4 Å². The number of rotatable bonds is 7. The van der Waals surface area contributed by atoms with E-state index < -0.39 is 15.9 Å². The topological polar surface area (TPSA) is 79.4 Å². The second-order valence-electron chi connectivity index (χ2n) is 7.90. The molecule has 0 atom stereocenters. The minimum atomic E-state index is -3.74. The number of carbonyl (C=O) groups is 1. The first-order valence-electron chi connectivity index (χ1n) is 10.1. The molecular formula is C23H26ClN3O3S2. The number of anilines is 1. The van der Waals surface area contributed by atoms with Crippen molar-refractivity contribution in [2.75, 3.05) is 12.4 Å². The van der Waals surface area contributed by atoms with E-state index in [1.54, 1.807) is 13.8 Å². The highest BCUT2D eigenvalue weighted by molar-refractivity contribution is 7.89. The van der Waals surface area contributed by atoms with Crippen molar-refractivity contribution in [1.29, 1.82) is 0 Å². The van der Waals surface area contributed by atoms with E-state index in [0.717, 1.165) is 22.6 Å². The van der Waals surface area contributed by atoms with Crippen LogP contribution in [0.1, 0.15) is 45.9 Å². The van der Waals surface area contributed by atoms with Crippen molar-refractivity contribution in [3.05, 3.63) is 74.7 Å². The standard InChI is InChI=1S/C23H26ClN3O3S2/c1-14(2)27(5)32(29,30)18-10-11-20(24)19(13-18)22(28)26-23-25-16(4)21(31-23)12-17-8-6-15(3)7-9-17/h6-11,13-14H,12H2,1-5H3,(H,25,26,28). The fourth-order valence-electron chi connectivity index (χ4n) is 2.98.